The summed E-state index contributed by atoms with van der Waals surface area (Å²) in [5.41, 5.74) is 1.24. The van der Waals surface area contributed by atoms with Crippen LogP contribution in [0.2, 0.25) is 0 Å². The quantitative estimate of drug-likeness (QED) is 0.667. The van der Waals surface area contributed by atoms with Gasteiger partial charge in [0.25, 0.3) is 0 Å². The zero-order valence-electron chi connectivity index (χ0n) is 10.4. The molecule has 0 nitrogen and oxygen atoms in total. The Labute approximate surface area is 93.5 Å². The van der Waals surface area contributed by atoms with E-state index in [2.05, 4.69) is 13.8 Å². The molecule has 0 bridgehead atoms. The molecule has 0 spiro atoms. The van der Waals surface area contributed by atoms with Crippen LogP contribution in [0.5, 0.6) is 0 Å². The van der Waals surface area contributed by atoms with Gasteiger partial charge < -0.3 is 0 Å². The molecule has 0 unspecified atom stereocenters. The molecule has 0 aliphatic rings. The smallest absolute Gasteiger partial charge is 0.123 e. The van der Waals surface area contributed by atoms with E-state index in [1.807, 2.05) is 26.0 Å². The minimum atomic E-state index is -0.146. The number of hydrogen-bond donors (Lipinski definition) is 0. The molecule has 0 aliphatic heterocycles. The Morgan fingerprint density at radius 1 is 1.07 bits per heavy atom. The lowest BCUT2D eigenvalue weighted by Crippen LogP contribution is -1.90. The summed E-state index contributed by atoms with van der Waals surface area (Å²) < 4.78 is 12.5. The minimum Gasteiger partial charge on any atom is -0.207 e. The molecule has 0 saturated carbocycles. The number of halogens is 1. The van der Waals surface area contributed by atoms with E-state index in [4.69, 9.17) is 0 Å². The van der Waals surface area contributed by atoms with E-state index >= 15 is 0 Å². The van der Waals surface area contributed by atoms with E-state index in [1.54, 1.807) is 0 Å². The highest BCUT2D eigenvalue weighted by atomic mass is 19.1. The van der Waals surface area contributed by atoms with Crippen molar-refractivity contribution in [1.29, 1.82) is 0 Å². The highest BCUT2D eigenvalue weighted by Crippen LogP contribution is 2.10. The van der Waals surface area contributed by atoms with Gasteiger partial charge in [-0.15, -0.1) is 0 Å². The number of aryl methyl sites for hydroxylation is 1. The van der Waals surface area contributed by atoms with Crippen LogP contribution in [0.3, 0.4) is 0 Å². The van der Waals surface area contributed by atoms with Gasteiger partial charge in [0.15, 0.2) is 0 Å². The van der Waals surface area contributed by atoms with Crippen LogP contribution in [-0.4, -0.2) is 0 Å². The lowest BCUT2D eigenvalue weighted by atomic mass is 10.0. The average Bonchev–Trinajstić information content (AvgIpc) is 2.23. The Morgan fingerprint density at radius 2 is 1.60 bits per heavy atom. The Kier molecular flexibility index (Phi) is 7.98. The van der Waals surface area contributed by atoms with Crippen LogP contribution in [0.15, 0.2) is 24.3 Å². The first-order valence-electron chi connectivity index (χ1n) is 5.93. The normalized spacial score (nSPS) is 9.73. The summed E-state index contributed by atoms with van der Waals surface area (Å²) in [7, 11) is 0. The summed E-state index contributed by atoms with van der Waals surface area (Å²) in [6.07, 6.45) is 3.51. The van der Waals surface area contributed by atoms with Crippen molar-refractivity contribution in [3.8, 4) is 0 Å². The molecule has 0 N–H and O–H groups in total. The van der Waals surface area contributed by atoms with Crippen molar-refractivity contribution in [2.45, 2.75) is 47.0 Å². The van der Waals surface area contributed by atoms with Crippen LogP contribution in [0.1, 0.15) is 46.1 Å². The Balaban J connectivity index is 0.000000921. The molecule has 0 aliphatic carbocycles. The van der Waals surface area contributed by atoms with E-state index in [0.717, 1.165) is 12.3 Å². The molecule has 1 aromatic carbocycles. The van der Waals surface area contributed by atoms with Crippen LogP contribution in [-0.2, 0) is 6.42 Å². The fourth-order valence-corrected chi connectivity index (χ4v) is 1.37. The summed E-state index contributed by atoms with van der Waals surface area (Å²) in [5.74, 6) is 0.619. The molecule has 1 rings (SSSR count). The maximum absolute atomic E-state index is 12.5. The van der Waals surface area contributed by atoms with Crippen LogP contribution >= 0.6 is 0 Å². The summed E-state index contributed by atoms with van der Waals surface area (Å²) in [6, 6.07) is 6.81. The Morgan fingerprint density at radius 3 is 2.07 bits per heavy atom. The maximum Gasteiger partial charge on any atom is 0.123 e. The second-order valence-electron chi connectivity index (χ2n) is 3.91. The first kappa shape index (κ1) is 14.2. The lowest BCUT2D eigenvalue weighted by molar-refractivity contribution is 0.555. The fraction of sp³-hybridized carbons (Fsp3) is 0.571. The van der Waals surface area contributed by atoms with Gasteiger partial charge in [0, 0.05) is 0 Å². The van der Waals surface area contributed by atoms with E-state index < -0.39 is 0 Å². The Bertz CT molecular complexity index is 236. The zero-order chi connectivity index (χ0) is 11.7. The van der Waals surface area contributed by atoms with Crippen molar-refractivity contribution in [2.75, 3.05) is 0 Å². The number of hydrogen-bond acceptors (Lipinski definition) is 0. The monoisotopic (exact) mass is 210 g/mol. The van der Waals surface area contributed by atoms with Crippen molar-refractivity contribution in [1.82, 2.24) is 0 Å². The average molecular weight is 210 g/mol. The molecule has 0 amide bonds. The highest BCUT2D eigenvalue weighted by molar-refractivity contribution is 5.15. The predicted octanol–water partition coefficient (Wildman–Crippen LogP) is 4.83. The molecular weight excluding hydrogens is 187 g/mol. The third-order valence-corrected chi connectivity index (χ3v) is 2.16. The van der Waals surface area contributed by atoms with Gasteiger partial charge in [-0.25, -0.2) is 4.39 Å². The van der Waals surface area contributed by atoms with Crippen LogP contribution in [0, 0.1) is 11.7 Å². The second kappa shape index (κ2) is 8.46. The largest absolute Gasteiger partial charge is 0.207 e. The molecular formula is C14H23F. The SMILES string of the molecule is CC.CC(C)CCCc1ccc(F)cc1. The molecule has 0 heterocycles. The summed E-state index contributed by atoms with van der Waals surface area (Å²) in [4.78, 5) is 0. The fourth-order valence-electron chi connectivity index (χ4n) is 1.37. The second-order valence-corrected chi connectivity index (χ2v) is 3.91. The minimum absolute atomic E-state index is 0.146. The maximum atomic E-state index is 12.5. The third kappa shape index (κ3) is 7.12. The molecule has 0 fully saturated rings. The molecule has 0 aromatic heterocycles. The van der Waals surface area contributed by atoms with Crippen molar-refractivity contribution in [3.63, 3.8) is 0 Å². The van der Waals surface area contributed by atoms with Gasteiger partial charge in [-0.2, -0.15) is 0 Å². The first-order chi connectivity index (χ1) is 7.18. The van der Waals surface area contributed by atoms with Gasteiger partial charge in [0.05, 0.1) is 0 Å². The summed E-state index contributed by atoms with van der Waals surface area (Å²) >= 11 is 0. The summed E-state index contributed by atoms with van der Waals surface area (Å²) in [6.45, 7) is 8.45. The molecule has 0 atom stereocenters. The van der Waals surface area contributed by atoms with E-state index in [1.165, 1.54) is 30.5 Å². The van der Waals surface area contributed by atoms with Crippen molar-refractivity contribution in [3.05, 3.63) is 35.6 Å². The van der Waals surface area contributed by atoms with Crippen molar-refractivity contribution >= 4 is 0 Å². The molecule has 0 radical (unpaired) electrons. The third-order valence-electron chi connectivity index (χ3n) is 2.16. The van der Waals surface area contributed by atoms with E-state index in [0.29, 0.717) is 0 Å². The number of benzene rings is 1. The Hall–Kier alpha value is -0.850. The molecule has 0 saturated heterocycles. The van der Waals surface area contributed by atoms with Crippen molar-refractivity contribution < 1.29 is 4.39 Å². The molecule has 15 heavy (non-hydrogen) atoms. The highest BCUT2D eigenvalue weighted by Gasteiger charge is 1.96. The van der Waals surface area contributed by atoms with Gasteiger partial charge in [0.2, 0.25) is 0 Å². The van der Waals surface area contributed by atoms with Crippen LogP contribution < -0.4 is 0 Å². The van der Waals surface area contributed by atoms with Crippen LogP contribution in [0.25, 0.3) is 0 Å². The molecule has 1 heteroatoms. The zero-order valence-corrected chi connectivity index (χ0v) is 10.4. The van der Waals surface area contributed by atoms with Gasteiger partial charge in [-0.1, -0.05) is 46.2 Å². The predicted molar refractivity (Wildman–Crippen MR) is 65.5 cm³/mol. The van der Waals surface area contributed by atoms with Gasteiger partial charge >= 0.3 is 0 Å². The lowest BCUT2D eigenvalue weighted by Gasteiger charge is -2.04. The molecule has 86 valence electrons. The first-order valence-corrected chi connectivity index (χ1v) is 5.93. The van der Waals surface area contributed by atoms with Crippen LogP contribution in [0.4, 0.5) is 4.39 Å². The van der Waals surface area contributed by atoms with E-state index in [9.17, 15) is 4.39 Å². The van der Waals surface area contributed by atoms with Gasteiger partial charge in [-0.05, 0) is 36.5 Å². The van der Waals surface area contributed by atoms with Crippen molar-refractivity contribution in [2.24, 2.45) is 5.92 Å². The standard InChI is InChI=1S/C12H17F.C2H6/c1-10(2)4-3-5-11-6-8-12(13)9-7-11;1-2/h6-10H,3-5H2,1-2H3;1-2H3. The van der Waals surface area contributed by atoms with Gasteiger partial charge in [0.1, 0.15) is 5.82 Å². The summed E-state index contributed by atoms with van der Waals surface area (Å²) in [5, 5.41) is 0. The topological polar surface area (TPSA) is 0 Å². The van der Waals surface area contributed by atoms with E-state index in [-0.39, 0.29) is 5.82 Å². The molecule has 1 aromatic rings. The number of rotatable bonds is 4. The van der Waals surface area contributed by atoms with Gasteiger partial charge in [-0.3, -0.25) is 0 Å².